The summed E-state index contributed by atoms with van der Waals surface area (Å²) in [6, 6.07) is 7.64. The van der Waals surface area contributed by atoms with Gasteiger partial charge in [0.1, 0.15) is 4.83 Å². The van der Waals surface area contributed by atoms with Gasteiger partial charge in [0.05, 0.1) is 11.7 Å². The molecular weight excluding hydrogens is 461 g/mol. The molecule has 1 aliphatic carbocycles. The Labute approximate surface area is 168 Å². The van der Waals surface area contributed by atoms with Gasteiger partial charge >= 0.3 is 0 Å². The van der Waals surface area contributed by atoms with E-state index in [0.29, 0.717) is 6.54 Å². The number of halogens is 1. The molecule has 2 aromatic heterocycles. The van der Waals surface area contributed by atoms with E-state index >= 15 is 0 Å². The lowest BCUT2D eigenvalue weighted by Crippen LogP contribution is -2.24. The van der Waals surface area contributed by atoms with E-state index in [4.69, 9.17) is 0 Å². The first-order valence-corrected chi connectivity index (χ1v) is 10.6. The highest BCUT2D eigenvalue weighted by molar-refractivity contribution is 14.1. The van der Waals surface area contributed by atoms with Gasteiger partial charge < -0.3 is 5.32 Å². The van der Waals surface area contributed by atoms with Crippen molar-refractivity contribution in [2.24, 2.45) is 0 Å². The number of carbonyl (C=O) groups is 1. The average Bonchev–Trinajstić information content (AvgIpc) is 3.00. The Balaban J connectivity index is 1.51. The molecule has 1 amide bonds. The molecule has 4 rings (SSSR count). The van der Waals surface area contributed by atoms with Crippen molar-refractivity contribution in [3.8, 4) is 0 Å². The molecule has 0 saturated carbocycles. The van der Waals surface area contributed by atoms with Crippen molar-refractivity contribution in [2.45, 2.75) is 38.6 Å². The number of anilines is 1. The number of thiophene rings is 1. The van der Waals surface area contributed by atoms with E-state index in [2.05, 4.69) is 32.9 Å². The second kappa shape index (κ2) is 7.48. The standard InChI is InChI=1S/C19H18IN3O2S/c20-12-4-3-5-13(10-12)22-16(24)8-9-23-11-21-18-17(19(23)25)14-6-1-2-7-15(14)26-18/h3-5,10-11H,1-2,6-9H2,(H,22,24). The van der Waals surface area contributed by atoms with Gasteiger partial charge in [-0.05, 0) is 72.0 Å². The van der Waals surface area contributed by atoms with Crippen molar-refractivity contribution in [2.75, 3.05) is 5.32 Å². The summed E-state index contributed by atoms with van der Waals surface area (Å²) in [5.74, 6) is -0.105. The van der Waals surface area contributed by atoms with Crippen LogP contribution < -0.4 is 10.9 Å². The molecular formula is C19H18IN3O2S. The number of rotatable bonds is 4. The number of aromatic nitrogens is 2. The molecule has 0 spiro atoms. The van der Waals surface area contributed by atoms with Crippen LogP contribution in [-0.2, 0) is 24.2 Å². The van der Waals surface area contributed by atoms with Crippen LogP contribution in [0.3, 0.4) is 0 Å². The molecule has 1 N–H and O–H groups in total. The Morgan fingerprint density at radius 3 is 3.00 bits per heavy atom. The summed E-state index contributed by atoms with van der Waals surface area (Å²) in [5.41, 5.74) is 1.94. The SMILES string of the molecule is O=C(CCn1cnc2sc3c(c2c1=O)CCCC3)Nc1cccc(I)c1. The predicted octanol–water partition coefficient (Wildman–Crippen LogP) is 3.97. The Kier molecular flexibility index (Phi) is 5.08. The topological polar surface area (TPSA) is 64.0 Å². The number of hydrogen-bond acceptors (Lipinski definition) is 4. The summed E-state index contributed by atoms with van der Waals surface area (Å²) >= 11 is 3.85. The van der Waals surface area contributed by atoms with Crippen molar-refractivity contribution >= 4 is 55.7 Å². The molecule has 3 aromatic rings. The maximum Gasteiger partial charge on any atom is 0.262 e. The molecule has 0 saturated heterocycles. The van der Waals surface area contributed by atoms with E-state index in [1.54, 1.807) is 22.2 Å². The van der Waals surface area contributed by atoms with Gasteiger partial charge in [-0.25, -0.2) is 4.98 Å². The average molecular weight is 479 g/mol. The first-order valence-electron chi connectivity index (χ1n) is 8.67. The molecule has 0 atom stereocenters. The number of hydrogen-bond donors (Lipinski definition) is 1. The maximum atomic E-state index is 12.9. The van der Waals surface area contributed by atoms with E-state index in [-0.39, 0.29) is 17.9 Å². The number of fused-ring (bicyclic) bond motifs is 3. The fourth-order valence-electron chi connectivity index (χ4n) is 3.35. The van der Waals surface area contributed by atoms with E-state index < -0.39 is 0 Å². The van der Waals surface area contributed by atoms with Gasteiger partial charge in [-0.1, -0.05) is 6.07 Å². The Morgan fingerprint density at radius 2 is 2.15 bits per heavy atom. The van der Waals surface area contributed by atoms with Crippen LogP contribution in [0.1, 0.15) is 29.7 Å². The second-order valence-corrected chi connectivity index (χ2v) is 8.77. The molecule has 0 radical (unpaired) electrons. The molecule has 0 fully saturated rings. The first-order chi connectivity index (χ1) is 12.6. The minimum Gasteiger partial charge on any atom is -0.326 e. The molecule has 0 bridgehead atoms. The number of carbonyl (C=O) groups excluding carboxylic acids is 1. The van der Waals surface area contributed by atoms with Gasteiger partial charge in [-0.3, -0.25) is 14.2 Å². The van der Waals surface area contributed by atoms with Gasteiger partial charge in [0, 0.05) is 27.1 Å². The van der Waals surface area contributed by atoms with Crippen molar-refractivity contribution < 1.29 is 4.79 Å². The van der Waals surface area contributed by atoms with Gasteiger partial charge in [0.15, 0.2) is 0 Å². The van der Waals surface area contributed by atoms with Crippen molar-refractivity contribution in [3.05, 3.63) is 55.0 Å². The third kappa shape index (κ3) is 3.55. The molecule has 26 heavy (non-hydrogen) atoms. The van der Waals surface area contributed by atoms with Crippen molar-refractivity contribution in [1.82, 2.24) is 9.55 Å². The van der Waals surface area contributed by atoms with Gasteiger partial charge in [-0.15, -0.1) is 11.3 Å². The minimum absolute atomic E-state index is 0.0172. The maximum absolute atomic E-state index is 12.9. The normalized spacial score (nSPS) is 13.6. The van der Waals surface area contributed by atoms with Crippen LogP contribution in [0.2, 0.25) is 0 Å². The molecule has 7 heteroatoms. The molecule has 0 aliphatic heterocycles. The summed E-state index contributed by atoms with van der Waals surface area (Å²) in [7, 11) is 0. The van der Waals surface area contributed by atoms with Crippen LogP contribution in [-0.4, -0.2) is 15.5 Å². The van der Waals surface area contributed by atoms with E-state index in [1.165, 1.54) is 16.9 Å². The number of amides is 1. The largest absolute Gasteiger partial charge is 0.326 e. The lowest BCUT2D eigenvalue weighted by atomic mass is 9.97. The fourth-order valence-corrected chi connectivity index (χ4v) is 5.11. The highest BCUT2D eigenvalue weighted by atomic mass is 127. The third-order valence-corrected chi connectivity index (χ3v) is 6.50. The fraction of sp³-hybridized carbons (Fsp3) is 0.316. The molecule has 1 aromatic carbocycles. The van der Waals surface area contributed by atoms with Gasteiger partial charge in [0.2, 0.25) is 5.91 Å². The molecule has 0 unspecified atom stereocenters. The lowest BCUT2D eigenvalue weighted by molar-refractivity contribution is -0.116. The summed E-state index contributed by atoms with van der Waals surface area (Å²) in [6.45, 7) is 0.335. The quantitative estimate of drug-likeness (QED) is 0.577. The molecule has 5 nitrogen and oxygen atoms in total. The summed E-state index contributed by atoms with van der Waals surface area (Å²) in [4.78, 5) is 31.7. The van der Waals surface area contributed by atoms with E-state index in [9.17, 15) is 9.59 Å². The molecule has 1 aliphatic rings. The first kappa shape index (κ1) is 17.7. The summed E-state index contributed by atoms with van der Waals surface area (Å²) in [5, 5.41) is 3.65. The zero-order valence-corrected chi connectivity index (χ0v) is 17.1. The molecule has 2 heterocycles. The highest BCUT2D eigenvalue weighted by Crippen LogP contribution is 2.33. The molecule has 134 valence electrons. The van der Waals surface area contributed by atoms with Crippen LogP contribution in [0.25, 0.3) is 10.2 Å². The van der Waals surface area contributed by atoms with Crippen LogP contribution in [0.5, 0.6) is 0 Å². The van der Waals surface area contributed by atoms with Crippen LogP contribution in [0.15, 0.2) is 35.4 Å². The Bertz CT molecular complexity index is 1040. The Hall–Kier alpha value is -1.74. The summed E-state index contributed by atoms with van der Waals surface area (Å²) < 4.78 is 2.63. The van der Waals surface area contributed by atoms with Gasteiger partial charge in [-0.2, -0.15) is 0 Å². The van der Waals surface area contributed by atoms with Gasteiger partial charge in [0.25, 0.3) is 5.56 Å². The number of nitrogens with one attached hydrogen (secondary N) is 1. The van der Waals surface area contributed by atoms with Crippen molar-refractivity contribution in [1.29, 1.82) is 0 Å². The number of aryl methyl sites for hydroxylation is 3. The van der Waals surface area contributed by atoms with Crippen molar-refractivity contribution in [3.63, 3.8) is 0 Å². The summed E-state index contributed by atoms with van der Waals surface area (Å²) in [6.07, 6.45) is 6.14. The third-order valence-electron chi connectivity index (χ3n) is 4.63. The smallest absolute Gasteiger partial charge is 0.262 e. The monoisotopic (exact) mass is 479 g/mol. The van der Waals surface area contributed by atoms with Crippen LogP contribution >= 0.6 is 33.9 Å². The number of nitrogens with zero attached hydrogens (tertiary/aromatic N) is 2. The number of benzene rings is 1. The minimum atomic E-state index is -0.105. The second-order valence-electron chi connectivity index (χ2n) is 6.44. The lowest BCUT2D eigenvalue weighted by Gasteiger charge is -2.10. The predicted molar refractivity (Wildman–Crippen MR) is 113 cm³/mol. The van der Waals surface area contributed by atoms with E-state index in [1.807, 2.05) is 24.3 Å². The van der Waals surface area contributed by atoms with E-state index in [0.717, 1.165) is 38.7 Å². The van der Waals surface area contributed by atoms with Crippen LogP contribution in [0, 0.1) is 3.57 Å². The zero-order valence-electron chi connectivity index (χ0n) is 14.1. The highest BCUT2D eigenvalue weighted by Gasteiger charge is 2.20. The van der Waals surface area contributed by atoms with Crippen LogP contribution in [0.4, 0.5) is 5.69 Å². The zero-order chi connectivity index (χ0) is 18.1. The Morgan fingerprint density at radius 1 is 1.31 bits per heavy atom.